The molecule has 2 N–H and O–H groups in total. The van der Waals surface area contributed by atoms with Crippen molar-refractivity contribution in [3.63, 3.8) is 0 Å². The van der Waals surface area contributed by atoms with E-state index in [4.69, 9.17) is 14.2 Å². The average Bonchev–Trinajstić information content (AvgIpc) is 2.99. The van der Waals surface area contributed by atoms with Crippen LogP contribution in [0.1, 0.15) is 61.3 Å². The van der Waals surface area contributed by atoms with Gasteiger partial charge in [0.2, 0.25) is 0 Å². The number of para-hydroxylation sites is 2. The molecule has 0 aliphatic heterocycles. The first-order chi connectivity index (χ1) is 20.8. The molecule has 0 aromatic heterocycles. The van der Waals surface area contributed by atoms with Crippen molar-refractivity contribution < 1.29 is 23.8 Å². The smallest absolute Gasteiger partial charge is 0.259 e. The number of benzene rings is 4. The molecule has 0 saturated carbocycles. The molecule has 0 unspecified atom stereocenters. The van der Waals surface area contributed by atoms with Crippen LogP contribution in [0.15, 0.2) is 97.1 Å². The van der Waals surface area contributed by atoms with E-state index in [2.05, 4.69) is 38.3 Å². The topological polar surface area (TPSA) is 85.9 Å². The van der Waals surface area contributed by atoms with Gasteiger partial charge in [-0.3, -0.25) is 9.59 Å². The van der Waals surface area contributed by atoms with Gasteiger partial charge in [-0.05, 0) is 97.5 Å². The molecule has 7 heteroatoms. The van der Waals surface area contributed by atoms with Crippen molar-refractivity contribution in [2.24, 2.45) is 11.8 Å². The minimum atomic E-state index is -0.240. The average molecular weight is 581 g/mol. The van der Waals surface area contributed by atoms with Crippen LogP contribution in [0, 0.1) is 11.8 Å². The van der Waals surface area contributed by atoms with Gasteiger partial charge in [0, 0.05) is 11.4 Å². The summed E-state index contributed by atoms with van der Waals surface area (Å²) < 4.78 is 17.7. The lowest BCUT2D eigenvalue weighted by Crippen LogP contribution is -2.14. The van der Waals surface area contributed by atoms with Crippen molar-refractivity contribution in [3.05, 3.63) is 108 Å². The van der Waals surface area contributed by atoms with Crippen LogP contribution < -0.4 is 24.8 Å². The Bertz CT molecular complexity index is 1370. The molecule has 2 amide bonds. The lowest BCUT2D eigenvalue weighted by atomic mass is 10.1. The molecular weight excluding hydrogens is 540 g/mol. The molecule has 0 fully saturated rings. The van der Waals surface area contributed by atoms with E-state index in [9.17, 15) is 9.59 Å². The Morgan fingerprint density at radius 1 is 0.558 bits per heavy atom. The van der Waals surface area contributed by atoms with E-state index in [1.165, 1.54) is 0 Å². The zero-order valence-corrected chi connectivity index (χ0v) is 25.3. The molecule has 0 spiro atoms. The number of carbonyl (C=O) groups is 2. The normalized spacial score (nSPS) is 10.8. The minimum Gasteiger partial charge on any atom is -0.493 e. The second kappa shape index (κ2) is 15.4. The predicted molar refractivity (Wildman–Crippen MR) is 172 cm³/mol. The molecule has 4 aromatic rings. The Hall–Kier alpha value is -4.78. The van der Waals surface area contributed by atoms with Crippen LogP contribution in [0.4, 0.5) is 11.4 Å². The first-order valence-electron chi connectivity index (χ1n) is 14.7. The van der Waals surface area contributed by atoms with Crippen molar-refractivity contribution in [2.45, 2.75) is 40.5 Å². The molecule has 0 aliphatic carbocycles. The molecule has 4 aromatic carbocycles. The van der Waals surface area contributed by atoms with Gasteiger partial charge in [0.15, 0.2) is 0 Å². The van der Waals surface area contributed by atoms with E-state index in [1.54, 1.807) is 60.7 Å². The van der Waals surface area contributed by atoms with Crippen LogP contribution in [-0.2, 0) is 0 Å². The molecular formula is C36H40N2O5. The summed E-state index contributed by atoms with van der Waals surface area (Å²) in [5, 5.41) is 5.85. The van der Waals surface area contributed by atoms with Gasteiger partial charge in [-0.15, -0.1) is 0 Å². The highest BCUT2D eigenvalue weighted by Crippen LogP contribution is 2.27. The van der Waals surface area contributed by atoms with Gasteiger partial charge in [-0.25, -0.2) is 0 Å². The largest absolute Gasteiger partial charge is 0.493 e. The van der Waals surface area contributed by atoms with Gasteiger partial charge in [-0.2, -0.15) is 0 Å². The molecule has 43 heavy (non-hydrogen) atoms. The third-order valence-electron chi connectivity index (χ3n) is 6.63. The maximum atomic E-state index is 12.9. The van der Waals surface area contributed by atoms with Crippen LogP contribution >= 0.6 is 0 Å². The van der Waals surface area contributed by atoms with Crippen LogP contribution in [0.2, 0.25) is 0 Å². The summed E-state index contributed by atoms with van der Waals surface area (Å²) in [6, 6.07) is 28.8. The summed E-state index contributed by atoms with van der Waals surface area (Å²) in [4.78, 5) is 25.9. The van der Waals surface area contributed by atoms with Crippen molar-refractivity contribution in [1.29, 1.82) is 0 Å². The van der Waals surface area contributed by atoms with Crippen molar-refractivity contribution >= 4 is 23.2 Å². The summed E-state index contributed by atoms with van der Waals surface area (Å²) in [7, 11) is 0. The van der Waals surface area contributed by atoms with Gasteiger partial charge in [0.05, 0.1) is 24.3 Å². The highest BCUT2D eigenvalue weighted by Gasteiger charge is 2.14. The zero-order chi connectivity index (χ0) is 30.6. The van der Waals surface area contributed by atoms with Crippen LogP contribution in [0.25, 0.3) is 0 Å². The lowest BCUT2D eigenvalue weighted by Gasteiger charge is -2.13. The molecule has 0 atom stereocenters. The van der Waals surface area contributed by atoms with Crippen molar-refractivity contribution in [1.82, 2.24) is 0 Å². The Morgan fingerprint density at radius 3 is 1.30 bits per heavy atom. The number of amides is 2. The summed E-state index contributed by atoms with van der Waals surface area (Å²) >= 11 is 0. The number of rotatable bonds is 14. The van der Waals surface area contributed by atoms with Crippen molar-refractivity contribution in [2.75, 3.05) is 23.8 Å². The summed E-state index contributed by atoms with van der Waals surface area (Å²) in [6.07, 6.45) is 1.83. The molecule has 0 radical (unpaired) electrons. The zero-order valence-electron chi connectivity index (χ0n) is 25.3. The number of carbonyl (C=O) groups excluding carboxylic acids is 2. The third kappa shape index (κ3) is 9.64. The maximum absolute atomic E-state index is 12.9. The number of anilines is 2. The van der Waals surface area contributed by atoms with E-state index in [0.717, 1.165) is 12.8 Å². The first-order valence-corrected chi connectivity index (χ1v) is 14.7. The molecule has 4 rings (SSSR count). The summed E-state index contributed by atoms with van der Waals surface area (Å²) in [5.74, 6) is 2.92. The van der Waals surface area contributed by atoms with E-state index in [0.29, 0.717) is 70.5 Å². The Kier molecular flexibility index (Phi) is 11.2. The van der Waals surface area contributed by atoms with Gasteiger partial charge < -0.3 is 24.8 Å². The quantitative estimate of drug-likeness (QED) is 0.156. The van der Waals surface area contributed by atoms with Crippen molar-refractivity contribution in [3.8, 4) is 23.0 Å². The fraction of sp³-hybridized carbons (Fsp3) is 0.278. The minimum absolute atomic E-state index is 0.240. The number of nitrogens with one attached hydrogen (secondary N) is 2. The lowest BCUT2D eigenvalue weighted by molar-refractivity contribution is 0.101. The van der Waals surface area contributed by atoms with E-state index in [1.807, 2.05) is 36.4 Å². The molecule has 0 bridgehead atoms. The fourth-order valence-electron chi connectivity index (χ4n) is 4.11. The number of hydrogen-bond donors (Lipinski definition) is 2. The summed E-state index contributed by atoms with van der Waals surface area (Å²) in [5.41, 5.74) is 2.25. The highest BCUT2D eigenvalue weighted by atomic mass is 16.5. The molecule has 0 heterocycles. The van der Waals surface area contributed by atoms with E-state index < -0.39 is 0 Å². The van der Waals surface area contributed by atoms with Gasteiger partial charge >= 0.3 is 0 Å². The number of hydrogen-bond acceptors (Lipinski definition) is 5. The fourth-order valence-corrected chi connectivity index (χ4v) is 4.11. The Morgan fingerprint density at radius 2 is 0.930 bits per heavy atom. The van der Waals surface area contributed by atoms with Gasteiger partial charge in [-0.1, -0.05) is 52.0 Å². The third-order valence-corrected chi connectivity index (χ3v) is 6.63. The van der Waals surface area contributed by atoms with E-state index in [-0.39, 0.29) is 11.8 Å². The van der Waals surface area contributed by atoms with Gasteiger partial charge in [0.25, 0.3) is 11.8 Å². The second-order valence-electron chi connectivity index (χ2n) is 11.1. The molecule has 224 valence electrons. The molecule has 7 nitrogen and oxygen atoms in total. The summed E-state index contributed by atoms with van der Waals surface area (Å²) in [6.45, 7) is 9.66. The van der Waals surface area contributed by atoms with Crippen LogP contribution in [-0.4, -0.2) is 25.0 Å². The maximum Gasteiger partial charge on any atom is 0.259 e. The number of ether oxygens (including phenoxy) is 3. The van der Waals surface area contributed by atoms with E-state index >= 15 is 0 Å². The Labute approximate surface area is 254 Å². The molecule has 0 saturated heterocycles. The standard InChI is InChI=1S/C36H40N2O5/c1-25(2)21-23-41-33-11-7-5-9-31(33)35(39)37-27-13-17-29(18-14-27)43-30-19-15-28(16-20-30)38-36(40)32-10-6-8-12-34(32)42-24-22-26(3)4/h5-20,25-26H,21-24H2,1-4H3,(H,37,39)(H,38,40). The monoisotopic (exact) mass is 580 g/mol. The molecule has 0 aliphatic rings. The van der Waals surface area contributed by atoms with Gasteiger partial charge in [0.1, 0.15) is 23.0 Å². The van der Waals surface area contributed by atoms with Crippen LogP contribution in [0.5, 0.6) is 23.0 Å². The predicted octanol–water partition coefficient (Wildman–Crippen LogP) is 8.83. The second-order valence-corrected chi connectivity index (χ2v) is 11.1. The highest BCUT2D eigenvalue weighted by molar-refractivity contribution is 6.06. The SMILES string of the molecule is CC(C)CCOc1ccccc1C(=O)Nc1ccc(Oc2ccc(NC(=O)c3ccccc3OCCC(C)C)cc2)cc1. The Balaban J connectivity index is 1.31. The first kappa shape index (κ1) is 31.2. The van der Waals surface area contributed by atoms with Crippen LogP contribution in [0.3, 0.4) is 0 Å².